The van der Waals surface area contributed by atoms with Gasteiger partial charge in [-0.25, -0.2) is 4.98 Å². The van der Waals surface area contributed by atoms with Crippen molar-refractivity contribution in [2.75, 3.05) is 13.1 Å². The predicted octanol–water partition coefficient (Wildman–Crippen LogP) is 1.58. The largest absolute Gasteiger partial charge is 0.354 e. The molecule has 1 aromatic rings. The van der Waals surface area contributed by atoms with Crippen molar-refractivity contribution < 1.29 is 9.59 Å². The van der Waals surface area contributed by atoms with E-state index in [-0.39, 0.29) is 29.2 Å². The highest BCUT2D eigenvalue weighted by Crippen LogP contribution is 2.49. The first-order valence-corrected chi connectivity index (χ1v) is 8.49. The maximum absolute atomic E-state index is 12.8. The smallest absolute Gasteiger partial charge is 0.272 e. The predicted molar refractivity (Wildman–Crippen MR) is 86.8 cm³/mol. The molecule has 23 heavy (non-hydrogen) atoms. The Kier molecular flexibility index (Phi) is 4.17. The molecule has 6 heteroatoms. The zero-order valence-electron chi connectivity index (χ0n) is 14.2. The van der Waals surface area contributed by atoms with Crippen LogP contribution in [0, 0.1) is 11.3 Å². The summed E-state index contributed by atoms with van der Waals surface area (Å²) in [6.45, 7) is 5.16. The maximum Gasteiger partial charge on any atom is 0.272 e. The molecule has 1 N–H and O–H groups in total. The standard InChI is InChI=1S/C17H26N4O2/c1-12(2)19-15(22)13-9-21(10-17(13)6-4-5-7-17)16(23)14-8-18-11-20(14)3/h8,11-13H,4-7,9-10H2,1-3H3,(H,19,22). The van der Waals surface area contributed by atoms with Gasteiger partial charge in [-0.2, -0.15) is 0 Å². The van der Waals surface area contributed by atoms with E-state index in [1.807, 2.05) is 25.8 Å². The Morgan fingerprint density at radius 1 is 1.35 bits per heavy atom. The van der Waals surface area contributed by atoms with E-state index >= 15 is 0 Å². The Balaban J connectivity index is 1.82. The van der Waals surface area contributed by atoms with Crippen LogP contribution in [0.4, 0.5) is 0 Å². The maximum atomic E-state index is 12.8. The highest BCUT2D eigenvalue weighted by Gasteiger charge is 2.52. The normalized spacial score (nSPS) is 23.0. The summed E-state index contributed by atoms with van der Waals surface area (Å²) in [6.07, 6.45) is 7.62. The molecule has 2 aliphatic rings. The van der Waals surface area contributed by atoms with E-state index in [1.165, 1.54) is 0 Å². The molecule has 0 aromatic carbocycles. The summed E-state index contributed by atoms with van der Waals surface area (Å²) in [5.41, 5.74) is 0.552. The number of rotatable bonds is 3. The fourth-order valence-corrected chi connectivity index (χ4v) is 4.18. The van der Waals surface area contributed by atoms with Gasteiger partial charge in [0, 0.05) is 31.6 Å². The Bertz CT molecular complexity index is 601. The van der Waals surface area contributed by atoms with Crippen molar-refractivity contribution in [3.63, 3.8) is 0 Å². The number of carbonyl (C=O) groups is 2. The van der Waals surface area contributed by atoms with Crippen LogP contribution in [0.2, 0.25) is 0 Å². The van der Waals surface area contributed by atoms with Crippen LogP contribution in [0.15, 0.2) is 12.5 Å². The van der Waals surface area contributed by atoms with E-state index in [9.17, 15) is 9.59 Å². The lowest BCUT2D eigenvalue weighted by Crippen LogP contribution is -2.42. The number of nitrogens with one attached hydrogen (secondary N) is 1. The Labute approximate surface area is 137 Å². The third-order valence-electron chi connectivity index (χ3n) is 5.32. The average Bonchev–Trinajstić information content (AvgIpc) is 3.19. The Morgan fingerprint density at radius 2 is 2.04 bits per heavy atom. The summed E-state index contributed by atoms with van der Waals surface area (Å²) in [4.78, 5) is 31.4. The fourth-order valence-electron chi connectivity index (χ4n) is 4.18. The highest BCUT2D eigenvalue weighted by molar-refractivity contribution is 5.93. The van der Waals surface area contributed by atoms with E-state index in [0.717, 1.165) is 25.7 Å². The number of hydrogen-bond donors (Lipinski definition) is 1. The first-order chi connectivity index (χ1) is 10.9. The van der Waals surface area contributed by atoms with Gasteiger partial charge in [0.05, 0.1) is 18.4 Å². The van der Waals surface area contributed by atoms with Gasteiger partial charge in [0.15, 0.2) is 0 Å². The zero-order chi connectivity index (χ0) is 16.6. The monoisotopic (exact) mass is 318 g/mol. The number of nitrogens with zero attached hydrogens (tertiary/aromatic N) is 3. The van der Waals surface area contributed by atoms with Gasteiger partial charge in [0.1, 0.15) is 5.69 Å². The van der Waals surface area contributed by atoms with Gasteiger partial charge in [-0.3, -0.25) is 9.59 Å². The van der Waals surface area contributed by atoms with Gasteiger partial charge >= 0.3 is 0 Å². The van der Waals surface area contributed by atoms with Crippen LogP contribution < -0.4 is 5.32 Å². The summed E-state index contributed by atoms with van der Waals surface area (Å²) in [5, 5.41) is 3.05. The molecule has 2 heterocycles. The van der Waals surface area contributed by atoms with E-state index in [2.05, 4.69) is 10.3 Å². The van der Waals surface area contributed by atoms with Gasteiger partial charge < -0.3 is 14.8 Å². The number of carbonyl (C=O) groups excluding carboxylic acids is 2. The van der Waals surface area contributed by atoms with Crippen LogP contribution in [-0.2, 0) is 11.8 Å². The van der Waals surface area contributed by atoms with Crippen LogP contribution >= 0.6 is 0 Å². The molecule has 1 saturated heterocycles. The first-order valence-electron chi connectivity index (χ1n) is 8.49. The highest BCUT2D eigenvalue weighted by atomic mass is 16.2. The quantitative estimate of drug-likeness (QED) is 0.920. The van der Waals surface area contributed by atoms with Crippen molar-refractivity contribution in [1.82, 2.24) is 19.8 Å². The van der Waals surface area contributed by atoms with Gasteiger partial charge in [-0.15, -0.1) is 0 Å². The molecule has 2 fully saturated rings. The van der Waals surface area contributed by atoms with Gasteiger partial charge in [0.2, 0.25) is 5.91 Å². The molecular weight excluding hydrogens is 292 g/mol. The Hall–Kier alpha value is -1.85. The molecule has 1 aromatic heterocycles. The molecule has 1 spiro atoms. The van der Waals surface area contributed by atoms with Crippen molar-refractivity contribution in [1.29, 1.82) is 0 Å². The molecule has 0 bridgehead atoms. The first kappa shape index (κ1) is 16.0. The van der Waals surface area contributed by atoms with Crippen LogP contribution in [0.3, 0.4) is 0 Å². The van der Waals surface area contributed by atoms with E-state index in [4.69, 9.17) is 0 Å². The SMILES string of the molecule is CC(C)NC(=O)C1CN(C(=O)c2cncn2C)CC12CCCC2. The van der Waals surface area contributed by atoms with Crippen molar-refractivity contribution in [3.05, 3.63) is 18.2 Å². The molecule has 6 nitrogen and oxygen atoms in total. The molecule has 1 saturated carbocycles. The molecule has 126 valence electrons. The number of hydrogen-bond acceptors (Lipinski definition) is 3. The van der Waals surface area contributed by atoms with Crippen LogP contribution in [-0.4, -0.2) is 45.4 Å². The minimum absolute atomic E-state index is 0.0175. The average molecular weight is 318 g/mol. The second kappa shape index (κ2) is 5.98. The van der Waals surface area contributed by atoms with Gasteiger partial charge in [-0.1, -0.05) is 12.8 Å². The second-order valence-electron chi connectivity index (χ2n) is 7.36. The van der Waals surface area contributed by atoms with Crippen LogP contribution in [0.1, 0.15) is 50.0 Å². The van der Waals surface area contributed by atoms with Gasteiger partial charge in [0.25, 0.3) is 5.91 Å². The third-order valence-corrected chi connectivity index (χ3v) is 5.32. The lowest BCUT2D eigenvalue weighted by Gasteiger charge is -2.29. The van der Waals surface area contributed by atoms with Gasteiger partial charge in [-0.05, 0) is 26.7 Å². The van der Waals surface area contributed by atoms with E-state index in [0.29, 0.717) is 18.8 Å². The minimum Gasteiger partial charge on any atom is -0.354 e. The van der Waals surface area contributed by atoms with E-state index < -0.39 is 0 Å². The molecule has 1 aliphatic heterocycles. The topological polar surface area (TPSA) is 67.2 Å². The zero-order valence-corrected chi connectivity index (χ0v) is 14.2. The molecule has 1 unspecified atom stereocenters. The molecule has 1 aliphatic carbocycles. The summed E-state index contributed by atoms with van der Waals surface area (Å²) in [6, 6.07) is 0.128. The molecule has 0 radical (unpaired) electrons. The van der Waals surface area contributed by atoms with Crippen molar-refractivity contribution >= 4 is 11.8 Å². The summed E-state index contributed by atoms with van der Waals surface area (Å²) < 4.78 is 1.74. The number of imidazole rings is 1. The number of aromatic nitrogens is 2. The lowest BCUT2D eigenvalue weighted by atomic mass is 9.76. The van der Waals surface area contributed by atoms with Crippen molar-refractivity contribution in [3.8, 4) is 0 Å². The minimum atomic E-state index is -0.0930. The number of aryl methyl sites for hydroxylation is 1. The second-order valence-corrected chi connectivity index (χ2v) is 7.36. The molecule has 3 rings (SSSR count). The summed E-state index contributed by atoms with van der Waals surface area (Å²) in [7, 11) is 1.82. The summed E-state index contributed by atoms with van der Waals surface area (Å²) >= 11 is 0. The third kappa shape index (κ3) is 2.86. The lowest BCUT2D eigenvalue weighted by molar-refractivity contribution is -0.128. The fraction of sp³-hybridized carbons (Fsp3) is 0.706. The molecular formula is C17H26N4O2. The van der Waals surface area contributed by atoms with Crippen molar-refractivity contribution in [2.45, 2.75) is 45.6 Å². The van der Waals surface area contributed by atoms with Crippen molar-refractivity contribution in [2.24, 2.45) is 18.4 Å². The van der Waals surface area contributed by atoms with Crippen LogP contribution in [0.25, 0.3) is 0 Å². The number of amides is 2. The van der Waals surface area contributed by atoms with E-state index in [1.54, 1.807) is 17.1 Å². The Morgan fingerprint density at radius 3 is 2.61 bits per heavy atom. The van der Waals surface area contributed by atoms with Crippen LogP contribution in [0.5, 0.6) is 0 Å². The summed E-state index contributed by atoms with van der Waals surface area (Å²) in [5.74, 6) is -0.0112. The molecule has 1 atom stereocenters. The molecule has 2 amide bonds. The number of likely N-dealkylation sites (tertiary alicyclic amines) is 1.